The molecule has 3 N–H and O–H groups in total. The number of hydrogen-bond acceptors (Lipinski definition) is 3. The molecule has 0 aliphatic rings. The van der Waals surface area contributed by atoms with Crippen molar-refractivity contribution in [3.63, 3.8) is 0 Å². The first-order valence-electron chi connectivity index (χ1n) is 11.8. The van der Waals surface area contributed by atoms with E-state index in [2.05, 4.69) is 12.2 Å². The van der Waals surface area contributed by atoms with Crippen molar-refractivity contribution < 1.29 is 19.8 Å². The zero-order valence-corrected chi connectivity index (χ0v) is 19.4. The van der Waals surface area contributed by atoms with Crippen LogP contribution in [0.25, 0.3) is 0 Å². The Bertz CT molecular complexity index is 380. The number of carbonyl (C=O) groups is 2. The Kier molecular flexibility index (Phi) is 24.6. The van der Waals surface area contributed by atoms with E-state index in [1.807, 2.05) is 0 Å². The predicted molar refractivity (Wildman–Crippen MR) is 123 cm³/mol. The Morgan fingerprint density at radius 3 is 1.41 bits per heavy atom. The van der Waals surface area contributed by atoms with Crippen molar-refractivity contribution in [1.29, 1.82) is 0 Å². The third-order valence-corrected chi connectivity index (χ3v) is 5.37. The van der Waals surface area contributed by atoms with Crippen molar-refractivity contribution in [1.82, 2.24) is 5.32 Å². The fourth-order valence-electron chi connectivity index (χ4n) is 3.53. The van der Waals surface area contributed by atoms with Gasteiger partial charge in [0, 0.05) is 6.42 Å². The van der Waals surface area contributed by atoms with Crippen LogP contribution in [0.3, 0.4) is 0 Å². The predicted octanol–water partition coefficient (Wildman–Crippen LogP) is 6.58. The van der Waals surface area contributed by atoms with Gasteiger partial charge in [-0.3, -0.25) is 9.59 Å². The average molecular weight is 436 g/mol. The van der Waals surface area contributed by atoms with Crippen LogP contribution in [0.5, 0.6) is 0 Å². The maximum Gasteiger partial charge on any atom is 0.320 e. The zero-order valence-electron chi connectivity index (χ0n) is 18.6. The number of unbranched alkanes of at least 4 members (excludes halogenated alkanes) is 15. The zero-order chi connectivity index (χ0) is 20.9. The van der Waals surface area contributed by atoms with Gasteiger partial charge in [0.1, 0.15) is 6.04 Å². The van der Waals surface area contributed by atoms with E-state index in [1.54, 1.807) is 0 Å². The number of nitrogens with one attached hydrogen (secondary N) is 1. The minimum atomic E-state index is -0.960. The molecule has 0 aromatic rings. The summed E-state index contributed by atoms with van der Waals surface area (Å²) in [7, 11) is 0. The van der Waals surface area contributed by atoms with Crippen LogP contribution in [0.15, 0.2) is 0 Å². The summed E-state index contributed by atoms with van der Waals surface area (Å²) in [6.07, 6.45) is 21.1. The van der Waals surface area contributed by atoms with Crippen molar-refractivity contribution in [3.8, 4) is 0 Å². The lowest BCUT2D eigenvalue weighted by Crippen LogP contribution is -2.37. The van der Waals surface area contributed by atoms with Gasteiger partial charge in [0.05, 0.1) is 0 Å². The van der Waals surface area contributed by atoms with E-state index >= 15 is 0 Å². The van der Waals surface area contributed by atoms with Crippen LogP contribution in [0.1, 0.15) is 122 Å². The smallest absolute Gasteiger partial charge is 0.320 e. The second-order valence-corrected chi connectivity index (χ2v) is 8.08. The van der Waals surface area contributed by atoms with E-state index in [-0.39, 0.29) is 25.2 Å². The van der Waals surface area contributed by atoms with Crippen molar-refractivity contribution >= 4 is 24.3 Å². The second kappa shape index (κ2) is 23.5. The maximum absolute atomic E-state index is 11.1. The molecule has 0 fully saturated rings. The second-order valence-electron chi connectivity index (χ2n) is 8.08. The van der Waals surface area contributed by atoms with Crippen LogP contribution in [-0.4, -0.2) is 34.7 Å². The summed E-state index contributed by atoms with van der Waals surface area (Å²) in [6, 6.07) is -0.743. The normalized spacial score (nSPS) is 11.8. The van der Waals surface area contributed by atoms with Gasteiger partial charge in [0.15, 0.2) is 0 Å². The van der Waals surface area contributed by atoms with E-state index in [0.717, 1.165) is 12.8 Å². The molecule has 0 aliphatic heterocycles. The van der Waals surface area contributed by atoms with Crippen molar-refractivity contribution in [2.24, 2.45) is 0 Å². The molecule has 0 bridgehead atoms. The molecule has 0 amide bonds. The molecule has 0 aromatic heterocycles. The Morgan fingerprint density at radius 2 is 1.07 bits per heavy atom. The first kappa shape index (κ1) is 30.4. The number of halogens is 1. The minimum absolute atomic E-state index is 0. The van der Waals surface area contributed by atoms with Gasteiger partial charge in [-0.05, 0) is 19.4 Å². The largest absolute Gasteiger partial charge is 0.481 e. The van der Waals surface area contributed by atoms with E-state index in [1.165, 1.54) is 89.9 Å². The standard InChI is InChI=1S/C23H45NO4.ClH/c1-2-3-4-5-6-7-8-9-10-11-12-13-14-15-16-17-20-24-21(23(27)28)18-19-22(25)26;/h21,24H,2-20H2,1H3,(H,25,26)(H,27,28);1H/t21-;/m1./s1. The first-order chi connectivity index (χ1) is 13.6. The molecule has 0 saturated heterocycles. The van der Waals surface area contributed by atoms with Gasteiger partial charge in [0.2, 0.25) is 0 Å². The quantitative estimate of drug-likeness (QED) is 0.167. The number of hydrogen-bond donors (Lipinski definition) is 3. The van der Waals surface area contributed by atoms with E-state index in [0.29, 0.717) is 6.54 Å². The van der Waals surface area contributed by atoms with Gasteiger partial charge in [-0.1, -0.05) is 103 Å². The van der Waals surface area contributed by atoms with Gasteiger partial charge >= 0.3 is 11.9 Å². The third-order valence-electron chi connectivity index (χ3n) is 5.37. The van der Waals surface area contributed by atoms with Gasteiger partial charge in [-0.2, -0.15) is 0 Å². The molecule has 0 unspecified atom stereocenters. The summed E-state index contributed by atoms with van der Waals surface area (Å²) >= 11 is 0. The molecule has 0 radical (unpaired) electrons. The van der Waals surface area contributed by atoms with Crippen LogP contribution >= 0.6 is 12.4 Å². The molecule has 29 heavy (non-hydrogen) atoms. The fourth-order valence-corrected chi connectivity index (χ4v) is 3.53. The Morgan fingerprint density at radius 1 is 0.690 bits per heavy atom. The van der Waals surface area contributed by atoms with Gasteiger partial charge < -0.3 is 15.5 Å². The highest BCUT2D eigenvalue weighted by Gasteiger charge is 2.17. The molecule has 6 heteroatoms. The van der Waals surface area contributed by atoms with Gasteiger partial charge in [-0.15, -0.1) is 12.4 Å². The number of carboxylic acids is 2. The van der Waals surface area contributed by atoms with Crippen molar-refractivity contribution in [3.05, 3.63) is 0 Å². The SMILES string of the molecule is CCCCCCCCCCCCCCCCCCN[C@H](CCC(=O)O)C(=O)O.Cl. The lowest BCUT2D eigenvalue weighted by molar-refractivity contribution is -0.140. The summed E-state index contributed by atoms with van der Waals surface area (Å²) in [5, 5.41) is 20.7. The Labute approximate surface area is 184 Å². The Hall–Kier alpha value is -0.810. The third kappa shape index (κ3) is 23.3. The van der Waals surface area contributed by atoms with Crippen molar-refractivity contribution in [2.45, 2.75) is 129 Å². The lowest BCUT2D eigenvalue weighted by atomic mass is 10.0. The van der Waals surface area contributed by atoms with Crippen LogP contribution in [0.2, 0.25) is 0 Å². The number of rotatable bonds is 22. The van der Waals surface area contributed by atoms with Crippen molar-refractivity contribution in [2.75, 3.05) is 6.54 Å². The first-order valence-corrected chi connectivity index (χ1v) is 11.8. The monoisotopic (exact) mass is 435 g/mol. The highest BCUT2D eigenvalue weighted by Crippen LogP contribution is 2.13. The topological polar surface area (TPSA) is 86.6 Å². The molecule has 0 rings (SSSR count). The van der Waals surface area contributed by atoms with E-state index in [9.17, 15) is 9.59 Å². The van der Waals surface area contributed by atoms with Gasteiger partial charge in [-0.25, -0.2) is 0 Å². The highest BCUT2D eigenvalue weighted by atomic mass is 35.5. The van der Waals surface area contributed by atoms with Crippen LogP contribution < -0.4 is 5.32 Å². The summed E-state index contributed by atoms with van der Waals surface area (Å²) < 4.78 is 0. The summed E-state index contributed by atoms with van der Waals surface area (Å²) in [4.78, 5) is 21.6. The molecule has 0 saturated carbocycles. The molecular weight excluding hydrogens is 390 g/mol. The van der Waals surface area contributed by atoms with E-state index in [4.69, 9.17) is 10.2 Å². The molecule has 5 nitrogen and oxygen atoms in total. The molecule has 0 spiro atoms. The summed E-state index contributed by atoms with van der Waals surface area (Å²) in [5.41, 5.74) is 0. The molecule has 0 aliphatic carbocycles. The number of carboxylic acid groups (broad SMARTS) is 2. The average Bonchev–Trinajstić information content (AvgIpc) is 2.66. The fraction of sp³-hybridized carbons (Fsp3) is 0.913. The highest BCUT2D eigenvalue weighted by molar-refractivity contribution is 5.85. The van der Waals surface area contributed by atoms with Crippen LogP contribution in [0, 0.1) is 0 Å². The summed E-state index contributed by atoms with van der Waals surface area (Å²) in [6.45, 7) is 2.91. The van der Waals surface area contributed by atoms with E-state index < -0.39 is 18.0 Å². The number of aliphatic carboxylic acids is 2. The minimum Gasteiger partial charge on any atom is -0.481 e. The molecule has 0 heterocycles. The van der Waals surface area contributed by atoms with Gasteiger partial charge in [0.25, 0.3) is 0 Å². The molecule has 174 valence electrons. The Balaban J connectivity index is 0. The summed E-state index contributed by atoms with van der Waals surface area (Å²) in [5.74, 6) is -1.91. The molecule has 1 atom stereocenters. The van der Waals surface area contributed by atoms with Crippen LogP contribution in [-0.2, 0) is 9.59 Å². The lowest BCUT2D eigenvalue weighted by Gasteiger charge is -2.13. The van der Waals surface area contributed by atoms with Crippen LogP contribution in [0.4, 0.5) is 0 Å². The molecule has 0 aromatic carbocycles. The maximum atomic E-state index is 11.1. The molecular formula is C23H46ClNO4.